The zero-order chi connectivity index (χ0) is 12.2. The van der Waals surface area contributed by atoms with Gasteiger partial charge in [-0.15, -0.1) is 11.3 Å². The predicted molar refractivity (Wildman–Crippen MR) is 70.7 cm³/mol. The van der Waals surface area contributed by atoms with E-state index in [-0.39, 0.29) is 0 Å². The van der Waals surface area contributed by atoms with E-state index in [1.807, 2.05) is 23.6 Å². The number of rotatable bonds is 3. The Kier molecular flexibility index (Phi) is 2.93. The van der Waals surface area contributed by atoms with E-state index < -0.39 is 0 Å². The first kappa shape index (κ1) is 10.8. The molecule has 0 amide bonds. The van der Waals surface area contributed by atoms with Crippen LogP contribution in [0.2, 0.25) is 0 Å². The smallest absolute Gasteiger partial charge is 0.188 e. The van der Waals surface area contributed by atoms with Crippen LogP contribution in [0.15, 0.2) is 48.4 Å². The van der Waals surface area contributed by atoms with Gasteiger partial charge in [-0.2, -0.15) is 0 Å². The van der Waals surface area contributed by atoms with Gasteiger partial charge >= 0.3 is 0 Å². The Balaban J connectivity index is 1.82. The van der Waals surface area contributed by atoms with Crippen molar-refractivity contribution in [2.24, 2.45) is 0 Å². The average Bonchev–Trinajstić information content (AvgIpc) is 2.89. The van der Waals surface area contributed by atoms with Crippen LogP contribution in [-0.4, -0.2) is 19.9 Å². The van der Waals surface area contributed by atoms with Crippen molar-refractivity contribution in [1.29, 1.82) is 0 Å². The fraction of sp³-hybridized carbons (Fsp3) is 0. The minimum Gasteiger partial charge on any atom is -0.315 e. The molecule has 0 aliphatic rings. The van der Waals surface area contributed by atoms with E-state index in [1.54, 1.807) is 24.8 Å². The lowest BCUT2D eigenvalue weighted by atomic mass is 10.3. The molecule has 88 valence electrons. The molecule has 0 aliphatic carbocycles. The van der Waals surface area contributed by atoms with Crippen LogP contribution in [0, 0.1) is 0 Å². The van der Waals surface area contributed by atoms with E-state index in [2.05, 4.69) is 25.3 Å². The van der Waals surface area contributed by atoms with E-state index in [4.69, 9.17) is 0 Å². The summed E-state index contributed by atoms with van der Waals surface area (Å²) in [5.41, 5.74) is 1.72. The first-order valence-electron chi connectivity index (χ1n) is 5.32. The van der Waals surface area contributed by atoms with E-state index in [9.17, 15) is 0 Å². The molecule has 0 aromatic carbocycles. The summed E-state index contributed by atoms with van der Waals surface area (Å²) in [4.78, 5) is 16.8. The summed E-state index contributed by atoms with van der Waals surface area (Å²) in [6, 6.07) is 5.76. The van der Waals surface area contributed by atoms with Crippen molar-refractivity contribution in [1.82, 2.24) is 19.9 Å². The third-order valence-corrected chi connectivity index (χ3v) is 2.99. The zero-order valence-corrected chi connectivity index (χ0v) is 10.1. The summed E-state index contributed by atoms with van der Waals surface area (Å²) < 4.78 is 0. The van der Waals surface area contributed by atoms with Gasteiger partial charge in [-0.3, -0.25) is 9.97 Å². The largest absolute Gasteiger partial charge is 0.315 e. The molecule has 0 atom stereocenters. The number of hydrogen-bond acceptors (Lipinski definition) is 6. The summed E-state index contributed by atoms with van der Waals surface area (Å²) in [5, 5.41) is 5.83. The Labute approximate surface area is 108 Å². The normalized spacial score (nSPS) is 10.2. The molecule has 6 heteroatoms. The lowest BCUT2D eigenvalue weighted by Crippen LogP contribution is -1.93. The van der Waals surface area contributed by atoms with Crippen molar-refractivity contribution in [2.45, 2.75) is 0 Å². The van der Waals surface area contributed by atoms with Crippen LogP contribution in [0.3, 0.4) is 0 Å². The summed E-state index contributed by atoms with van der Waals surface area (Å²) in [7, 11) is 0. The number of pyridine rings is 1. The molecular formula is C12H9N5S. The van der Waals surface area contributed by atoms with Crippen LogP contribution in [0.4, 0.5) is 10.9 Å². The van der Waals surface area contributed by atoms with Crippen molar-refractivity contribution in [2.75, 3.05) is 5.32 Å². The van der Waals surface area contributed by atoms with Gasteiger partial charge in [0.2, 0.25) is 0 Å². The van der Waals surface area contributed by atoms with Crippen LogP contribution >= 0.6 is 11.3 Å². The van der Waals surface area contributed by atoms with Gasteiger partial charge in [0.15, 0.2) is 10.9 Å². The third-order valence-electron chi connectivity index (χ3n) is 2.23. The molecule has 3 aromatic rings. The van der Waals surface area contributed by atoms with Crippen LogP contribution in [-0.2, 0) is 0 Å². The maximum Gasteiger partial charge on any atom is 0.188 e. The monoisotopic (exact) mass is 255 g/mol. The van der Waals surface area contributed by atoms with Crippen molar-refractivity contribution < 1.29 is 0 Å². The molecule has 0 bridgehead atoms. The second kappa shape index (κ2) is 4.89. The predicted octanol–water partition coefficient (Wildman–Crippen LogP) is 2.74. The average molecular weight is 255 g/mol. The minimum atomic E-state index is 0.680. The molecular weight excluding hydrogens is 246 g/mol. The second-order valence-corrected chi connectivity index (χ2v) is 4.33. The van der Waals surface area contributed by atoms with Crippen molar-refractivity contribution in [3.8, 4) is 11.4 Å². The van der Waals surface area contributed by atoms with Crippen molar-refractivity contribution in [3.63, 3.8) is 0 Å². The highest BCUT2D eigenvalue weighted by molar-refractivity contribution is 7.14. The summed E-state index contributed by atoms with van der Waals surface area (Å²) in [5.74, 6) is 0.680. The lowest BCUT2D eigenvalue weighted by Gasteiger charge is -1.98. The lowest BCUT2D eigenvalue weighted by molar-refractivity contribution is 1.19. The van der Waals surface area contributed by atoms with E-state index in [1.165, 1.54) is 11.3 Å². The summed E-state index contributed by atoms with van der Waals surface area (Å²) in [6.45, 7) is 0. The third kappa shape index (κ3) is 2.33. The Bertz CT molecular complexity index is 623. The molecule has 0 saturated carbocycles. The molecule has 3 heterocycles. The van der Waals surface area contributed by atoms with Gasteiger partial charge in [-0.05, 0) is 12.1 Å². The Morgan fingerprint density at radius 2 is 2.00 bits per heavy atom. The highest BCUT2D eigenvalue weighted by atomic mass is 32.1. The molecule has 0 radical (unpaired) electrons. The number of anilines is 2. The van der Waals surface area contributed by atoms with Gasteiger partial charge < -0.3 is 5.32 Å². The molecule has 18 heavy (non-hydrogen) atoms. The van der Waals surface area contributed by atoms with E-state index in [0.717, 1.165) is 16.5 Å². The maximum absolute atomic E-state index is 4.45. The standard InChI is InChI=1S/C12H9N5S/c1-2-4-14-9(3-1)10-8-18-12(16-10)17-11-7-13-5-6-15-11/h1-8H,(H,15,16,17). The van der Waals surface area contributed by atoms with Crippen LogP contribution in [0.25, 0.3) is 11.4 Å². The first-order valence-corrected chi connectivity index (χ1v) is 6.20. The number of hydrogen-bond donors (Lipinski definition) is 1. The van der Waals surface area contributed by atoms with Gasteiger partial charge in [-0.1, -0.05) is 6.07 Å². The highest BCUT2D eigenvalue weighted by Gasteiger charge is 2.05. The van der Waals surface area contributed by atoms with Crippen molar-refractivity contribution >= 4 is 22.3 Å². The van der Waals surface area contributed by atoms with Gasteiger partial charge in [0, 0.05) is 24.0 Å². The van der Waals surface area contributed by atoms with E-state index in [0.29, 0.717) is 5.82 Å². The molecule has 0 unspecified atom stereocenters. The quantitative estimate of drug-likeness (QED) is 0.779. The summed E-state index contributed by atoms with van der Waals surface area (Å²) in [6.07, 6.45) is 6.67. The van der Waals surface area contributed by atoms with Crippen LogP contribution < -0.4 is 5.32 Å². The second-order valence-electron chi connectivity index (χ2n) is 3.47. The molecule has 0 saturated heterocycles. The molecule has 5 nitrogen and oxygen atoms in total. The number of nitrogens with zero attached hydrogens (tertiary/aromatic N) is 4. The maximum atomic E-state index is 4.45. The Morgan fingerprint density at radius 3 is 2.78 bits per heavy atom. The summed E-state index contributed by atoms with van der Waals surface area (Å²) >= 11 is 1.51. The van der Waals surface area contributed by atoms with Crippen LogP contribution in [0.5, 0.6) is 0 Å². The minimum absolute atomic E-state index is 0.680. The van der Waals surface area contributed by atoms with Gasteiger partial charge in [0.1, 0.15) is 5.69 Å². The van der Waals surface area contributed by atoms with Crippen LogP contribution in [0.1, 0.15) is 0 Å². The molecule has 0 spiro atoms. The highest BCUT2D eigenvalue weighted by Crippen LogP contribution is 2.24. The zero-order valence-electron chi connectivity index (χ0n) is 9.32. The Hall–Kier alpha value is -2.34. The topological polar surface area (TPSA) is 63.6 Å². The first-order chi connectivity index (χ1) is 8.92. The molecule has 3 rings (SSSR count). The molecule has 0 aliphatic heterocycles. The fourth-order valence-electron chi connectivity index (χ4n) is 1.44. The number of thiazole rings is 1. The fourth-order valence-corrected chi connectivity index (χ4v) is 2.15. The van der Waals surface area contributed by atoms with Gasteiger partial charge in [0.05, 0.1) is 11.9 Å². The molecule has 3 aromatic heterocycles. The van der Waals surface area contributed by atoms with Crippen molar-refractivity contribution in [3.05, 3.63) is 48.4 Å². The molecule has 0 fully saturated rings. The number of nitrogens with one attached hydrogen (secondary N) is 1. The van der Waals surface area contributed by atoms with Gasteiger partial charge in [0.25, 0.3) is 0 Å². The van der Waals surface area contributed by atoms with E-state index >= 15 is 0 Å². The Morgan fingerprint density at radius 1 is 1.00 bits per heavy atom. The van der Waals surface area contributed by atoms with Gasteiger partial charge in [-0.25, -0.2) is 9.97 Å². The number of aromatic nitrogens is 4. The SMILES string of the molecule is c1ccc(-c2csc(Nc3cnccn3)n2)nc1. The molecule has 1 N–H and O–H groups in total.